The summed E-state index contributed by atoms with van der Waals surface area (Å²) >= 11 is 0. The van der Waals surface area contributed by atoms with Gasteiger partial charge in [0.2, 0.25) is 5.91 Å². The summed E-state index contributed by atoms with van der Waals surface area (Å²) in [6.07, 6.45) is 7.95. The van der Waals surface area contributed by atoms with Crippen LogP contribution in [0, 0.1) is 6.92 Å². The Balaban J connectivity index is 1.59. The fraction of sp³-hybridized carbons (Fsp3) is 0.280. The van der Waals surface area contributed by atoms with Gasteiger partial charge >= 0.3 is 0 Å². The van der Waals surface area contributed by atoms with Crippen LogP contribution in [0.5, 0.6) is 11.5 Å². The molecule has 0 atom stereocenters. The second-order valence-corrected chi connectivity index (χ2v) is 7.11. The molecule has 0 fully saturated rings. The molecule has 0 saturated carbocycles. The smallest absolute Gasteiger partial charge is 0.248 e. The van der Waals surface area contributed by atoms with Crippen molar-refractivity contribution in [3.63, 3.8) is 0 Å². The Kier molecular flexibility index (Phi) is 7.87. The van der Waals surface area contributed by atoms with E-state index in [0.717, 1.165) is 41.4 Å². The lowest BCUT2D eigenvalue weighted by Gasteiger charge is -2.12. The molecule has 6 nitrogen and oxygen atoms in total. The molecule has 1 aromatic heterocycles. The van der Waals surface area contributed by atoms with Crippen LogP contribution in [-0.2, 0) is 11.3 Å². The lowest BCUT2D eigenvalue weighted by atomic mass is 10.1. The van der Waals surface area contributed by atoms with Crippen LogP contribution < -0.4 is 14.8 Å². The minimum Gasteiger partial charge on any atom is -0.490 e. The predicted molar refractivity (Wildman–Crippen MR) is 124 cm³/mol. The van der Waals surface area contributed by atoms with Gasteiger partial charge in [-0.05, 0) is 61.7 Å². The maximum atomic E-state index is 12.3. The Morgan fingerprint density at radius 3 is 2.58 bits per heavy atom. The van der Waals surface area contributed by atoms with Gasteiger partial charge in [0.1, 0.15) is 5.82 Å². The second-order valence-electron chi connectivity index (χ2n) is 7.11. The van der Waals surface area contributed by atoms with Gasteiger partial charge < -0.3 is 19.4 Å². The Morgan fingerprint density at radius 2 is 1.90 bits per heavy atom. The van der Waals surface area contributed by atoms with Crippen molar-refractivity contribution in [2.75, 3.05) is 18.5 Å². The van der Waals surface area contributed by atoms with Crippen LogP contribution in [0.1, 0.15) is 37.2 Å². The van der Waals surface area contributed by atoms with Crippen molar-refractivity contribution in [1.82, 2.24) is 9.55 Å². The summed E-state index contributed by atoms with van der Waals surface area (Å²) in [5, 5.41) is 2.89. The third kappa shape index (κ3) is 6.47. The summed E-state index contributed by atoms with van der Waals surface area (Å²) in [6.45, 7) is 7.90. The maximum absolute atomic E-state index is 12.3. The molecule has 0 aliphatic rings. The quantitative estimate of drug-likeness (QED) is 0.466. The number of imidazole rings is 1. The van der Waals surface area contributed by atoms with Crippen molar-refractivity contribution in [1.29, 1.82) is 0 Å². The molecule has 3 rings (SSSR count). The van der Waals surface area contributed by atoms with Crippen molar-refractivity contribution in [2.24, 2.45) is 0 Å². The highest BCUT2D eigenvalue weighted by Gasteiger charge is 2.06. The van der Waals surface area contributed by atoms with Crippen molar-refractivity contribution in [3.05, 3.63) is 77.9 Å². The van der Waals surface area contributed by atoms with Crippen LogP contribution in [0.25, 0.3) is 6.08 Å². The van der Waals surface area contributed by atoms with Gasteiger partial charge in [-0.25, -0.2) is 4.98 Å². The molecule has 1 amide bonds. The lowest BCUT2D eigenvalue weighted by Crippen LogP contribution is -2.08. The fourth-order valence-corrected chi connectivity index (χ4v) is 3.04. The van der Waals surface area contributed by atoms with Crippen molar-refractivity contribution >= 4 is 17.7 Å². The molecule has 0 aliphatic carbocycles. The molecule has 31 heavy (non-hydrogen) atoms. The van der Waals surface area contributed by atoms with E-state index >= 15 is 0 Å². The summed E-state index contributed by atoms with van der Waals surface area (Å²) in [7, 11) is 0. The maximum Gasteiger partial charge on any atom is 0.248 e. The van der Waals surface area contributed by atoms with Crippen LogP contribution in [-0.4, -0.2) is 28.7 Å². The highest BCUT2D eigenvalue weighted by atomic mass is 16.5. The molecule has 162 valence electrons. The minimum atomic E-state index is -0.192. The average molecular weight is 420 g/mol. The number of aromatic nitrogens is 2. The van der Waals surface area contributed by atoms with Gasteiger partial charge in [0, 0.05) is 30.7 Å². The molecule has 1 N–H and O–H groups in total. The van der Waals surface area contributed by atoms with Crippen LogP contribution in [0.3, 0.4) is 0 Å². The molecule has 0 aliphatic heterocycles. The van der Waals surface area contributed by atoms with E-state index < -0.39 is 0 Å². The zero-order valence-corrected chi connectivity index (χ0v) is 18.3. The first-order valence-electron chi connectivity index (χ1n) is 10.5. The first-order valence-corrected chi connectivity index (χ1v) is 10.5. The highest BCUT2D eigenvalue weighted by Crippen LogP contribution is 2.29. The number of benzene rings is 2. The van der Waals surface area contributed by atoms with Gasteiger partial charge in [0.25, 0.3) is 0 Å². The minimum absolute atomic E-state index is 0.192. The first-order chi connectivity index (χ1) is 15.1. The molecule has 0 saturated heterocycles. The van der Waals surface area contributed by atoms with Crippen LogP contribution in [0.15, 0.2) is 60.9 Å². The van der Waals surface area contributed by atoms with E-state index in [4.69, 9.17) is 9.47 Å². The van der Waals surface area contributed by atoms with E-state index in [2.05, 4.69) is 21.8 Å². The number of nitrogens with zero attached hydrogens (tertiary/aromatic N) is 2. The Hall–Kier alpha value is -3.54. The van der Waals surface area contributed by atoms with Crippen LogP contribution in [0.2, 0.25) is 0 Å². The first kappa shape index (κ1) is 22.2. The third-order valence-corrected chi connectivity index (χ3v) is 4.65. The molecular weight excluding hydrogens is 390 g/mol. The van der Waals surface area contributed by atoms with Crippen LogP contribution in [0.4, 0.5) is 5.69 Å². The number of nitrogens with one attached hydrogen (secondary N) is 1. The van der Waals surface area contributed by atoms with Gasteiger partial charge in [-0.1, -0.05) is 25.1 Å². The summed E-state index contributed by atoms with van der Waals surface area (Å²) in [5.41, 5.74) is 2.76. The summed E-state index contributed by atoms with van der Waals surface area (Å²) < 4.78 is 13.5. The number of carbonyl (C=O) groups is 1. The number of hydrogen-bond acceptors (Lipinski definition) is 4. The Labute approximate surface area is 183 Å². The lowest BCUT2D eigenvalue weighted by molar-refractivity contribution is -0.111. The molecular formula is C25H29N3O3. The van der Waals surface area contributed by atoms with E-state index in [9.17, 15) is 4.79 Å². The Morgan fingerprint density at radius 1 is 1.10 bits per heavy atom. The number of aryl methyl sites for hydroxylation is 1. The largest absolute Gasteiger partial charge is 0.490 e. The van der Waals surface area contributed by atoms with Gasteiger partial charge in [0.15, 0.2) is 11.5 Å². The van der Waals surface area contributed by atoms with Crippen molar-refractivity contribution < 1.29 is 14.3 Å². The average Bonchev–Trinajstić information content (AvgIpc) is 3.17. The monoisotopic (exact) mass is 419 g/mol. The molecule has 0 bridgehead atoms. The summed E-state index contributed by atoms with van der Waals surface area (Å²) in [5.74, 6) is 2.18. The zero-order valence-electron chi connectivity index (χ0n) is 18.3. The van der Waals surface area contributed by atoms with E-state index in [1.165, 1.54) is 6.08 Å². The van der Waals surface area contributed by atoms with Crippen molar-refractivity contribution in [3.8, 4) is 11.5 Å². The molecule has 0 spiro atoms. The summed E-state index contributed by atoms with van der Waals surface area (Å²) in [4.78, 5) is 16.6. The highest BCUT2D eigenvalue weighted by molar-refractivity contribution is 6.01. The normalized spacial score (nSPS) is 10.9. The topological polar surface area (TPSA) is 65.4 Å². The number of ether oxygens (including phenoxy) is 2. The molecule has 6 heteroatoms. The zero-order chi connectivity index (χ0) is 22.1. The second kappa shape index (κ2) is 11.0. The van der Waals surface area contributed by atoms with E-state index in [1.54, 1.807) is 12.3 Å². The molecule has 3 aromatic rings. The van der Waals surface area contributed by atoms with Gasteiger partial charge in [-0.15, -0.1) is 0 Å². The number of anilines is 1. The summed E-state index contributed by atoms with van der Waals surface area (Å²) in [6, 6.07) is 13.5. The fourth-order valence-electron chi connectivity index (χ4n) is 3.04. The van der Waals surface area contributed by atoms with Gasteiger partial charge in [-0.2, -0.15) is 0 Å². The van der Waals surface area contributed by atoms with E-state index in [-0.39, 0.29) is 5.91 Å². The third-order valence-electron chi connectivity index (χ3n) is 4.65. The number of hydrogen-bond donors (Lipinski definition) is 1. The number of rotatable bonds is 10. The molecule has 1 heterocycles. The molecule has 0 unspecified atom stereocenters. The Bertz CT molecular complexity index is 1020. The molecule has 2 aromatic carbocycles. The van der Waals surface area contributed by atoms with E-state index in [1.807, 2.05) is 62.5 Å². The van der Waals surface area contributed by atoms with Gasteiger partial charge in [0.05, 0.1) is 13.2 Å². The number of carbonyl (C=O) groups excluding carboxylic acids is 1. The van der Waals surface area contributed by atoms with E-state index in [0.29, 0.717) is 19.0 Å². The number of amides is 1. The standard InChI is InChI=1S/C25H29N3O3/c1-4-16-31-23-12-8-20(17-24(23)30-5-2)9-13-25(29)27-22-10-6-21(7-11-22)18-28-15-14-26-19(28)3/h6-15,17H,4-5,16,18H2,1-3H3,(H,27,29)/b13-9+. The van der Waals surface area contributed by atoms with Crippen molar-refractivity contribution in [2.45, 2.75) is 33.7 Å². The predicted octanol–water partition coefficient (Wildman–Crippen LogP) is 5.08. The SMILES string of the molecule is CCCOc1ccc(/C=C/C(=O)Nc2ccc(Cn3ccnc3C)cc2)cc1OCC. The van der Waals surface area contributed by atoms with Gasteiger partial charge in [-0.3, -0.25) is 4.79 Å². The van der Waals surface area contributed by atoms with Crippen LogP contribution >= 0.6 is 0 Å². The molecule has 0 radical (unpaired) electrons.